The Morgan fingerprint density at radius 2 is 2.00 bits per heavy atom. The van der Waals surface area contributed by atoms with Crippen LogP contribution in [0.4, 0.5) is 0 Å². The van der Waals surface area contributed by atoms with Crippen LogP contribution in [0.15, 0.2) is 24.3 Å². The van der Waals surface area contributed by atoms with Gasteiger partial charge in [-0.2, -0.15) is 0 Å². The van der Waals surface area contributed by atoms with Crippen molar-refractivity contribution in [3.63, 3.8) is 0 Å². The number of aliphatic hydroxyl groups is 1. The number of nitrogens with two attached hydrogens (primary N) is 1. The molecule has 0 aliphatic carbocycles. The van der Waals surface area contributed by atoms with E-state index in [2.05, 4.69) is 0 Å². The van der Waals surface area contributed by atoms with Gasteiger partial charge in [-0.1, -0.05) is 23.7 Å². The zero-order chi connectivity index (χ0) is 12.0. The lowest BCUT2D eigenvalue weighted by Crippen LogP contribution is -2.24. The SMILES string of the molecule is COCCC(N)CC(O)c1ccc(Cl)cc1. The summed E-state index contributed by atoms with van der Waals surface area (Å²) < 4.78 is 4.94. The van der Waals surface area contributed by atoms with Crippen molar-refractivity contribution in [1.82, 2.24) is 0 Å². The molecule has 0 spiro atoms. The molecule has 0 radical (unpaired) electrons. The van der Waals surface area contributed by atoms with Crippen molar-refractivity contribution in [3.8, 4) is 0 Å². The molecule has 1 aromatic carbocycles. The van der Waals surface area contributed by atoms with Gasteiger partial charge in [0.1, 0.15) is 0 Å². The van der Waals surface area contributed by atoms with E-state index in [0.29, 0.717) is 18.1 Å². The van der Waals surface area contributed by atoms with Gasteiger partial charge in [0, 0.05) is 24.8 Å². The molecule has 3 nitrogen and oxygen atoms in total. The van der Waals surface area contributed by atoms with Gasteiger partial charge in [0.15, 0.2) is 0 Å². The minimum Gasteiger partial charge on any atom is -0.388 e. The van der Waals surface area contributed by atoms with E-state index in [-0.39, 0.29) is 6.04 Å². The van der Waals surface area contributed by atoms with Crippen LogP contribution in [0.25, 0.3) is 0 Å². The van der Waals surface area contributed by atoms with Crippen LogP contribution >= 0.6 is 11.6 Å². The van der Waals surface area contributed by atoms with Crippen LogP contribution in [0, 0.1) is 0 Å². The van der Waals surface area contributed by atoms with Crippen molar-refractivity contribution in [2.24, 2.45) is 5.73 Å². The Kier molecular flexibility index (Phi) is 5.77. The maximum absolute atomic E-state index is 9.92. The van der Waals surface area contributed by atoms with E-state index in [4.69, 9.17) is 22.1 Å². The standard InChI is InChI=1S/C12H18ClNO2/c1-16-7-6-11(14)8-12(15)9-2-4-10(13)5-3-9/h2-5,11-12,15H,6-8,14H2,1H3. The smallest absolute Gasteiger partial charge is 0.0804 e. The number of halogens is 1. The van der Waals surface area contributed by atoms with Gasteiger partial charge in [-0.25, -0.2) is 0 Å². The third-order valence-electron chi connectivity index (χ3n) is 2.47. The van der Waals surface area contributed by atoms with Gasteiger partial charge in [-0.05, 0) is 30.5 Å². The number of benzene rings is 1. The molecule has 0 saturated heterocycles. The van der Waals surface area contributed by atoms with Crippen molar-refractivity contribution >= 4 is 11.6 Å². The molecule has 3 N–H and O–H groups in total. The first-order valence-electron chi connectivity index (χ1n) is 5.31. The summed E-state index contributed by atoms with van der Waals surface area (Å²) in [6, 6.07) is 7.11. The lowest BCUT2D eigenvalue weighted by molar-refractivity contribution is 0.141. The summed E-state index contributed by atoms with van der Waals surface area (Å²) in [7, 11) is 1.64. The van der Waals surface area contributed by atoms with E-state index in [1.54, 1.807) is 19.2 Å². The number of hydrogen-bond acceptors (Lipinski definition) is 3. The summed E-state index contributed by atoms with van der Waals surface area (Å²) in [5.74, 6) is 0. The maximum Gasteiger partial charge on any atom is 0.0804 e. The van der Waals surface area contributed by atoms with Gasteiger partial charge in [-0.3, -0.25) is 0 Å². The molecule has 0 fully saturated rings. The summed E-state index contributed by atoms with van der Waals surface area (Å²) in [4.78, 5) is 0. The molecule has 16 heavy (non-hydrogen) atoms. The number of hydrogen-bond donors (Lipinski definition) is 2. The molecule has 2 unspecified atom stereocenters. The van der Waals surface area contributed by atoms with Crippen molar-refractivity contribution < 1.29 is 9.84 Å². The second-order valence-electron chi connectivity index (χ2n) is 3.84. The van der Waals surface area contributed by atoms with Crippen LogP contribution in [0.1, 0.15) is 24.5 Å². The Bertz CT molecular complexity index is 302. The highest BCUT2D eigenvalue weighted by atomic mass is 35.5. The van der Waals surface area contributed by atoms with E-state index in [9.17, 15) is 5.11 Å². The first-order valence-corrected chi connectivity index (χ1v) is 5.69. The van der Waals surface area contributed by atoms with Crippen molar-refractivity contribution in [2.45, 2.75) is 25.0 Å². The summed E-state index contributed by atoms with van der Waals surface area (Å²) >= 11 is 5.77. The van der Waals surface area contributed by atoms with Crippen LogP contribution in [-0.4, -0.2) is 24.9 Å². The first-order chi connectivity index (χ1) is 7.63. The fourth-order valence-corrected chi connectivity index (χ4v) is 1.62. The summed E-state index contributed by atoms with van der Waals surface area (Å²) in [5.41, 5.74) is 6.71. The van der Waals surface area contributed by atoms with Gasteiger partial charge in [0.2, 0.25) is 0 Å². The molecular weight excluding hydrogens is 226 g/mol. The van der Waals surface area contributed by atoms with Crippen LogP contribution < -0.4 is 5.73 Å². The molecule has 0 aliphatic rings. The molecule has 4 heteroatoms. The monoisotopic (exact) mass is 243 g/mol. The Morgan fingerprint density at radius 3 is 2.56 bits per heavy atom. The van der Waals surface area contributed by atoms with Crippen LogP contribution in [-0.2, 0) is 4.74 Å². The lowest BCUT2D eigenvalue weighted by atomic mass is 10.0. The Labute approximate surface area is 101 Å². The third-order valence-corrected chi connectivity index (χ3v) is 2.73. The third kappa shape index (κ3) is 4.49. The van der Waals surface area contributed by atoms with Gasteiger partial charge in [-0.15, -0.1) is 0 Å². The van der Waals surface area contributed by atoms with E-state index in [1.165, 1.54) is 0 Å². The number of methoxy groups -OCH3 is 1. The van der Waals surface area contributed by atoms with Gasteiger partial charge in [0.25, 0.3) is 0 Å². The maximum atomic E-state index is 9.92. The highest BCUT2D eigenvalue weighted by Crippen LogP contribution is 2.20. The summed E-state index contributed by atoms with van der Waals surface area (Å²) in [5, 5.41) is 10.6. The van der Waals surface area contributed by atoms with Gasteiger partial charge >= 0.3 is 0 Å². The molecule has 0 heterocycles. The second kappa shape index (κ2) is 6.86. The summed E-state index contributed by atoms with van der Waals surface area (Å²) in [6.07, 6.45) is 0.746. The molecule has 2 atom stereocenters. The van der Waals surface area contributed by atoms with Crippen LogP contribution in [0.3, 0.4) is 0 Å². The molecule has 0 bridgehead atoms. The highest BCUT2D eigenvalue weighted by Gasteiger charge is 2.12. The molecule has 90 valence electrons. The predicted octanol–water partition coefficient (Wildman–Crippen LogP) is 2.13. The summed E-state index contributed by atoms with van der Waals surface area (Å²) in [6.45, 7) is 0.620. The normalized spacial score (nSPS) is 14.8. The molecular formula is C12H18ClNO2. The van der Waals surface area contributed by atoms with E-state index >= 15 is 0 Å². The van der Waals surface area contributed by atoms with Crippen molar-refractivity contribution in [3.05, 3.63) is 34.9 Å². The largest absolute Gasteiger partial charge is 0.388 e. The first kappa shape index (κ1) is 13.5. The van der Waals surface area contributed by atoms with Crippen molar-refractivity contribution in [2.75, 3.05) is 13.7 Å². The molecule has 0 amide bonds. The number of ether oxygens (including phenoxy) is 1. The molecule has 1 rings (SSSR count). The van der Waals surface area contributed by atoms with Gasteiger partial charge < -0.3 is 15.6 Å². The number of rotatable bonds is 6. The Hall–Kier alpha value is -0.610. The topological polar surface area (TPSA) is 55.5 Å². The number of aliphatic hydroxyl groups excluding tert-OH is 1. The van der Waals surface area contributed by atoms with E-state index in [0.717, 1.165) is 12.0 Å². The van der Waals surface area contributed by atoms with E-state index in [1.807, 2.05) is 12.1 Å². The van der Waals surface area contributed by atoms with Crippen molar-refractivity contribution in [1.29, 1.82) is 0 Å². The Balaban J connectivity index is 2.45. The minimum atomic E-state index is -0.538. The van der Waals surface area contributed by atoms with Gasteiger partial charge in [0.05, 0.1) is 6.10 Å². The zero-order valence-electron chi connectivity index (χ0n) is 9.40. The second-order valence-corrected chi connectivity index (χ2v) is 4.28. The van der Waals surface area contributed by atoms with Crippen LogP contribution in [0.2, 0.25) is 5.02 Å². The highest BCUT2D eigenvalue weighted by molar-refractivity contribution is 6.30. The lowest BCUT2D eigenvalue weighted by Gasteiger charge is -2.16. The predicted molar refractivity (Wildman–Crippen MR) is 65.5 cm³/mol. The fourth-order valence-electron chi connectivity index (χ4n) is 1.49. The Morgan fingerprint density at radius 1 is 1.38 bits per heavy atom. The molecule has 0 aromatic heterocycles. The quantitative estimate of drug-likeness (QED) is 0.805. The van der Waals surface area contributed by atoms with E-state index < -0.39 is 6.10 Å². The molecule has 0 saturated carbocycles. The minimum absolute atomic E-state index is 0.0503. The molecule has 0 aliphatic heterocycles. The fraction of sp³-hybridized carbons (Fsp3) is 0.500. The van der Waals surface area contributed by atoms with Crippen LogP contribution in [0.5, 0.6) is 0 Å². The zero-order valence-corrected chi connectivity index (χ0v) is 10.2. The molecule has 1 aromatic rings. The average Bonchev–Trinajstić information content (AvgIpc) is 2.27. The average molecular weight is 244 g/mol.